The zero-order valence-corrected chi connectivity index (χ0v) is 37.3. The van der Waals surface area contributed by atoms with Gasteiger partial charge >= 0.3 is 19.8 Å². The number of unbranched alkanes of at least 4 members (excludes halogenated alkanes) is 18. The summed E-state index contributed by atoms with van der Waals surface area (Å²) in [5.41, 5.74) is 0. The molecule has 1 rings (SSSR count). The van der Waals surface area contributed by atoms with E-state index in [0.29, 0.717) is 25.7 Å². The standard InChI is InChI=1S/C45H83O12P/c1-4-5-20-26-37(46)30-31-40-41(43(49)33-42(40)48)32-38(47)27-23-24-29-45(51)57-39(35-56-58(52,53)54)34-55-44(50)28-22-19-17-15-13-11-9-7-6-8-10-12-14-16-18-21-25-36(2)3/h30-31,36-37,39-43,46,48-49H,4-29,32-35H2,1-3H3,(H2,52,53,54)/b31-30+/t37-,39+,40+,41+,42+,43-/m0/s1. The molecule has 1 aliphatic rings. The molecule has 0 saturated heterocycles. The largest absolute Gasteiger partial charge is 0.469 e. The molecule has 0 aliphatic heterocycles. The number of rotatable bonds is 38. The molecule has 0 bridgehead atoms. The minimum Gasteiger partial charge on any atom is -0.462 e. The number of aliphatic hydroxyl groups excluding tert-OH is 3. The number of esters is 2. The first kappa shape index (κ1) is 54.4. The van der Waals surface area contributed by atoms with Gasteiger partial charge in [-0.1, -0.05) is 155 Å². The zero-order valence-electron chi connectivity index (χ0n) is 36.5. The SMILES string of the molecule is CCCCC[C@H](O)/C=C/[C@@H]1[C@@H](CC(=O)CCCCC(=O)O[C@H](COC(=O)CCCCCCCCCCCCCCCCCCC(C)C)COP(=O)(O)O)[C@@H](O)C[C@H]1O. The number of Topliss-reactive ketones (excluding diaryl/α,β-unsaturated/α-hetero) is 1. The van der Waals surface area contributed by atoms with Crippen molar-refractivity contribution in [3.05, 3.63) is 12.2 Å². The van der Waals surface area contributed by atoms with Gasteiger partial charge in [-0.05, 0) is 31.6 Å². The summed E-state index contributed by atoms with van der Waals surface area (Å²) in [5.74, 6) is -1.36. The summed E-state index contributed by atoms with van der Waals surface area (Å²) < 4.78 is 26.4. The van der Waals surface area contributed by atoms with E-state index in [1.54, 1.807) is 12.2 Å². The highest BCUT2D eigenvalue weighted by molar-refractivity contribution is 7.46. The van der Waals surface area contributed by atoms with Crippen molar-refractivity contribution in [2.45, 2.75) is 225 Å². The second-order valence-electron chi connectivity index (χ2n) is 17.2. The fraction of sp³-hybridized carbons (Fsp3) is 0.889. The Labute approximate surface area is 350 Å². The first-order chi connectivity index (χ1) is 27.7. The summed E-state index contributed by atoms with van der Waals surface area (Å²) in [7, 11) is -4.86. The van der Waals surface area contributed by atoms with Crippen LogP contribution in [-0.4, -0.2) is 80.5 Å². The van der Waals surface area contributed by atoms with Crippen molar-refractivity contribution < 1.29 is 58.1 Å². The molecule has 340 valence electrons. The Morgan fingerprint density at radius 2 is 1.17 bits per heavy atom. The molecule has 58 heavy (non-hydrogen) atoms. The molecule has 1 saturated carbocycles. The number of carbonyl (C=O) groups is 3. The average Bonchev–Trinajstić information content (AvgIpc) is 3.42. The van der Waals surface area contributed by atoms with Crippen molar-refractivity contribution >= 4 is 25.5 Å². The highest BCUT2D eigenvalue weighted by Crippen LogP contribution is 2.37. The average molecular weight is 847 g/mol. The highest BCUT2D eigenvalue weighted by Gasteiger charge is 2.41. The van der Waals surface area contributed by atoms with Crippen molar-refractivity contribution in [3.8, 4) is 0 Å². The molecule has 5 N–H and O–H groups in total. The van der Waals surface area contributed by atoms with Crippen LogP contribution in [0, 0.1) is 17.8 Å². The van der Waals surface area contributed by atoms with E-state index in [0.717, 1.165) is 44.4 Å². The molecule has 0 amide bonds. The van der Waals surface area contributed by atoms with E-state index in [2.05, 4.69) is 25.3 Å². The molecule has 0 radical (unpaired) electrons. The van der Waals surface area contributed by atoms with Gasteiger partial charge in [0, 0.05) is 43.9 Å². The van der Waals surface area contributed by atoms with Crippen LogP contribution >= 0.6 is 7.82 Å². The van der Waals surface area contributed by atoms with Gasteiger partial charge < -0.3 is 34.6 Å². The van der Waals surface area contributed by atoms with E-state index < -0.39 is 69.2 Å². The quantitative estimate of drug-likeness (QED) is 0.0171. The van der Waals surface area contributed by atoms with Gasteiger partial charge in [-0.2, -0.15) is 0 Å². The number of aliphatic hydroxyl groups is 3. The topological polar surface area (TPSA) is 197 Å². The first-order valence-electron chi connectivity index (χ1n) is 23.0. The van der Waals surface area contributed by atoms with Gasteiger partial charge in [0.2, 0.25) is 0 Å². The minimum atomic E-state index is -4.86. The summed E-state index contributed by atoms with van der Waals surface area (Å²) in [6.45, 7) is 5.63. The normalized spacial score (nSPS) is 19.5. The maximum absolute atomic E-state index is 12.8. The lowest BCUT2D eigenvalue weighted by atomic mass is 9.87. The molecule has 0 unspecified atom stereocenters. The minimum absolute atomic E-state index is 0.0654. The first-order valence-corrected chi connectivity index (χ1v) is 24.5. The molecule has 0 aromatic carbocycles. The summed E-state index contributed by atoms with van der Waals surface area (Å²) in [5, 5.41) is 31.2. The Bertz CT molecular complexity index is 1140. The molecule has 0 spiro atoms. The maximum Gasteiger partial charge on any atom is 0.469 e. The second-order valence-corrected chi connectivity index (χ2v) is 18.4. The van der Waals surface area contributed by atoms with Crippen LogP contribution in [-0.2, 0) is 32.9 Å². The van der Waals surface area contributed by atoms with Crippen LogP contribution in [0.4, 0.5) is 0 Å². The van der Waals surface area contributed by atoms with Gasteiger partial charge in [0.15, 0.2) is 6.10 Å². The summed E-state index contributed by atoms with van der Waals surface area (Å²) in [4.78, 5) is 56.0. The van der Waals surface area contributed by atoms with Crippen molar-refractivity contribution in [3.63, 3.8) is 0 Å². The van der Waals surface area contributed by atoms with Gasteiger partial charge in [-0.3, -0.25) is 18.9 Å². The van der Waals surface area contributed by atoms with Crippen LogP contribution in [0.3, 0.4) is 0 Å². The molecule has 1 aliphatic carbocycles. The van der Waals surface area contributed by atoms with E-state index in [1.165, 1.54) is 83.5 Å². The van der Waals surface area contributed by atoms with Gasteiger partial charge in [0.1, 0.15) is 12.4 Å². The molecule has 6 atom stereocenters. The third-order valence-corrected chi connectivity index (χ3v) is 11.7. The van der Waals surface area contributed by atoms with Crippen molar-refractivity contribution in [2.75, 3.05) is 13.2 Å². The lowest BCUT2D eigenvalue weighted by molar-refractivity contribution is -0.161. The lowest BCUT2D eigenvalue weighted by Gasteiger charge is -2.20. The third-order valence-electron chi connectivity index (χ3n) is 11.2. The van der Waals surface area contributed by atoms with Gasteiger partial charge in [0.05, 0.1) is 24.9 Å². The van der Waals surface area contributed by atoms with Crippen LogP contribution in [0.25, 0.3) is 0 Å². The van der Waals surface area contributed by atoms with E-state index in [-0.39, 0.29) is 37.9 Å². The molecule has 12 nitrogen and oxygen atoms in total. The van der Waals surface area contributed by atoms with Crippen LogP contribution < -0.4 is 0 Å². The van der Waals surface area contributed by atoms with Gasteiger partial charge in [-0.25, -0.2) is 4.57 Å². The fourth-order valence-corrected chi connectivity index (χ4v) is 8.03. The summed E-state index contributed by atoms with van der Waals surface area (Å²) in [6.07, 6.45) is 25.7. The summed E-state index contributed by atoms with van der Waals surface area (Å²) >= 11 is 0. The number of hydrogen-bond donors (Lipinski definition) is 5. The molecule has 13 heteroatoms. The molecular formula is C45H83O12P. The van der Waals surface area contributed by atoms with Crippen molar-refractivity contribution in [1.29, 1.82) is 0 Å². The van der Waals surface area contributed by atoms with E-state index in [9.17, 15) is 34.3 Å². The highest BCUT2D eigenvalue weighted by atomic mass is 31.2. The molecule has 1 fully saturated rings. The molecule has 0 aromatic heterocycles. The Morgan fingerprint density at radius 3 is 1.72 bits per heavy atom. The zero-order chi connectivity index (χ0) is 43.0. The number of phosphoric acid groups is 1. The fourth-order valence-electron chi connectivity index (χ4n) is 7.67. The van der Waals surface area contributed by atoms with Crippen molar-refractivity contribution in [1.82, 2.24) is 0 Å². The Morgan fingerprint density at radius 1 is 0.672 bits per heavy atom. The van der Waals surface area contributed by atoms with Crippen LogP contribution in [0.2, 0.25) is 0 Å². The predicted octanol–water partition coefficient (Wildman–Crippen LogP) is 9.60. The monoisotopic (exact) mass is 847 g/mol. The number of carbonyl (C=O) groups excluding carboxylic acids is 3. The van der Waals surface area contributed by atoms with Crippen molar-refractivity contribution in [2.24, 2.45) is 17.8 Å². The number of phosphoric ester groups is 1. The summed E-state index contributed by atoms with van der Waals surface area (Å²) in [6, 6.07) is 0. The van der Waals surface area contributed by atoms with Gasteiger partial charge in [0.25, 0.3) is 0 Å². The second kappa shape index (κ2) is 34.0. The predicted molar refractivity (Wildman–Crippen MR) is 228 cm³/mol. The third kappa shape index (κ3) is 30.4. The number of ketones is 1. The molecule has 0 aromatic rings. The van der Waals surface area contributed by atoms with Crippen LogP contribution in [0.15, 0.2) is 12.2 Å². The maximum atomic E-state index is 12.8. The Kier molecular flexibility index (Phi) is 31.9. The number of ether oxygens (including phenoxy) is 2. The molecular weight excluding hydrogens is 763 g/mol. The van der Waals surface area contributed by atoms with Crippen LogP contribution in [0.1, 0.15) is 201 Å². The van der Waals surface area contributed by atoms with E-state index in [1.807, 2.05) is 0 Å². The smallest absolute Gasteiger partial charge is 0.462 e. The van der Waals surface area contributed by atoms with E-state index >= 15 is 0 Å². The Balaban J connectivity index is 2.24. The van der Waals surface area contributed by atoms with Gasteiger partial charge in [-0.15, -0.1) is 0 Å². The number of hydrogen-bond acceptors (Lipinski definition) is 10. The Hall–Kier alpha value is -1.66. The lowest BCUT2D eigenvalue weighted by Crippen LogP contribution is -2.29. The van der Waals surface area contributed by atoms with E-state index in [4.69, 9.17) is 19.3 Å². The van der Waals surface area contributed by atoms with Crippen LogP contribution in [0.5, 0.6) is 0 Å². The molecule has 0 heterocycles.